The third-order valence-electron chi connectivity index (χ3n) is 9.08. The second-order valence-corrected chi connectivity index (χ2v) is 15.0. The van der Waals surface area contributed by atoms with Crippen LogP contribution in [0.3, 0.4) is 0 Å². The van der Waals surface area contributed by atoms with Gasteiger partial charge in [-0.15, -0.1) is 0 Å². The van der Waals surface area contributed by atoms with Crippen LogP contribution in [0.25, 0.3) is 0 Å². The maximum atomic E-state index is 14.3. The Morgan fingerprint density at radius 1 is 0.610 bits per heavy atom. The Kier molecular flexibility index (Phi) is 15.7. The molecule has 2 fully saturated rings. The van der Waals surface area contributed by atoms with Gasteiger partial charge in [0.25, 0.3) is 0 Å². The highest BCUT2D eigenvalue weighted by Crippen LogP contribution is 2.44. The van der Waals surface area contributed by atoms with E-state index < -0.39 is 109 Å². The molecule has 0 spiro atoms. The first-order chi connectivity index (χ1) is 28.0. The van der Waals surface area contributed by atoms with E-state index in [0.717, 1.165) is 0 Å². The minimum absolute atomic E-state index is 0.0603. The van der Waals surface area contributed by atoms with Gasteiger partial charge in [-0.2, -0.15) is 0 Å². The normalized spacial score (nSPS) is 26.5. The lowest BCUT2D eigenvalue weighted by molar-refractivity contribution is -0.382. The molecule has 0 saturated carbocycles. The zero-order chi connectivity index (χ0) is 43.5. The van der Waals surface area contributed by atoms with Crippen molar-refractivity contribution < 1.29 is 82.5 Å². The number of hydrogen-bond donors (Lipinski definition) is 5. The number of benzene rings is 3. The molecular formula is C36H34Cl6O17. The van der Waals surface area contributed by atoms with Crippen molar-refractivity contribution >= 4 is 87.5 Å². The van der Waals surface area contributed by atoms with Crippen LogP contribution in [0.15, 0.2) is 36.4 Å². The Labute approximate surface area is 364 Å². The van der Waals surface area contributed by atoms with Crippen LogP contribution >= 0.6 is 69.6 Å². The molecule has 23 heteroatoms. The standard InChI is InChI=1S/C36H34Cl6O17/c1-51-27-16(40)7-4-13(37)21(27)32(48)54-12-36(59-35-26(47)25(46)24(45)19(10-43)55-35)31(57-34(50)23-15(39)6-9-18(42)29(23)53-3)30(20(11-44)58-36)56-33(49)22-14(38)5-8-17(41)28(22)52-2/h4-9,19-20,24-26,30-31,35,43-47H,10-12H2,1-3H3/t19-,20-,24-,25+,26-,30-,31+,35-,36+/m1/s1. The van der Waals surface area contributed by atoms with Crippen molar-refractivity contribution in [1.82, 2.24) is 0 Å². The van der Waals surface area contributed by atoms with Gasteiger partial charge in [-0.1, -0.05) is 69.6 Å². The molecule has 0 radical (unpaired) electrons. The average Bonchev–Trinajstić information content (AvgIpc) is 3.49. The van der Waals surface area contributed by atoms with Crippen LogP contribution in [0.2, 0.25) is 30.1 Å². The van der Waals surface area contributed by atoms with Crippen molar-refractivity contribution in [2.24, 2.45) is 0 Å². The molecule has 322 valence electrons. The minimum atomic E-state index is -2.85. The molecule has 0 amide bonds. The van der Waals surface area contributed by atoms with Gasteiger partial charge in [0.2, 0.25) is 5.79 Å². The number of aliphatic hydroxyl groups excluding tert-OH is 5. The second-order valence-electron chi connectivity index (χ2n) is 12.6. The number of rotatable bonds is 14. The molecular weight excluding hydrogens is 917 g/mol. The van der Waals surface area contributed by atoms with E-state index in [1.165, 1.54) is 57.7 Å². The Hall–Kier alpha value is -3.11. The van der Waals surface area contributed by atoms with Gasteiger partial charge in [0.15, 0.2) is 35.7 Å². The van der Waals surface area contributed by atoms with Crippen LogP contribution in [0, 0.1) is 0 Å². The first kappa shape index (κ1) is 46.9. The van der Waals surface area contributed by atoms with Crippen molar-refractivity contribution in [2.45, 2.75) is 54.8 Å². The summed E-state index contributed by atoms with van der Waals surface area (Å²) < 4.78 is 51.1. The highest BCUT2D eigenvalue weighted by Gasteiger charge is 2.64. The van der Waals surface area contributed by atoms with Crippen LogP contribution in [0.5, 0.6) is 17.2 Å². The summed E-state index contributed by atoms with van der Waals surface area (Å²) in [7, 11) is 3.54. The zero-order valence-corrected chi connectivity index (χ0v) is 35.1. The van der Waals surface area contributed by atoms with Crippen LogP contribution in [0.4, 0.5) is 0 Å². The summed E-state index contributed by atoms with van der Waals surface area (Å²) in [6.07, 6.45) is -15.8. The summed E-state index contributed by atoms with van der Waals surface area (Å²) in [5, 5.41) is 52.0. The average molecular weight is 951 g/mol. The predicted molar refractivity (Wildman–Crippen MR) is 207 cm³/mol. The lowest BCUT2D eigenvalue weighted by Crippen LogP contribution is -2.63. The van der Waals surface area contributed by atoms with Crippen molar-refractivity contribution in [3.8, 4) is 17.2 Å². The van der Waals surface area contributed by atoms with E-state index in [1.54, 1.807) is 0 Å². The van der Waals surface area contributed by atoms with E-state index in [0.29, 0.717) is 0 Å². The molecule has 2 saturated heterocycles. The molecule has 5 N–H and O–H groups in total. The van der Waals surface area contributed by atoms with E-state index in [9.17, 15) is 39.9 Å². The van der Waals surface area contributed by atoms with Gasteiger partial charge in [0.05, 0.1) is 64.7 Å². The number of methoxy groups -OCH3 is 3. The van der Waals surface area contributed by atoms with Gasteiger partial charge in [0, 0.05) is 0 Å². The SMILES string of the molecule is COc1c(Cl)ccc(Cl)c1C(=O)OC[C@@]1(O[C@H]2O[C@H](CO)[C@@H](O)[C@H](O)[C@H]2O)O[C@H](CO)[C@@H](OC(=O)c2c(Cl)ccc(Cl)c2OC)[C@@H]1OC(=O)c1c(Cl)ccc(Cl)c1OC. The van der Waals surface area contributed by atoms with Gasteiger partial charge in [0.1, 0.15) is 53.8 Å². The molecule has 2 aliphatic heterocycles. The molecule has 9 atom stereocenters. The van der Waals surface area contributed by atoms with E-state index in [1.807, 2.05) is 0 Å². The lowest BCUT2D eigenvalue weighted by Gasteiger charge is -2.43. The molecule has 0 aromatic heterocycles. The number of esters is 3. The second kappa shape index (κ2) is 19.7. The van der Waals surface area contributed by atoms with Gasteiger partial charge in [-0.25, -0.2) is 14.4 Å². The van der Waals surface area contributed by atoms with E-state index >= 15 is 0 Å². The molecule has 0 aliphatic carbocycles. The third-order valence-corrected chi connectivity index (χ3v) is 10.9. The van der Waals surface area contributed by atoms with E-state index in [4.69, 9.17) is 112 Å². The number of ether oxygens (including phenoxy) is 9. The van der Waals surface area contributed by atoms with Crippen molar-refractivity contribution in [3.63, 3.8) is 0 Å². The monoisotopic (exact) mass is 948 g/mol. The molecule has 59 heavy (non-hydrogen) atoms. The van der Waals surface area contributed by atoms with Crippen LogP contribution in [-0.4, -0.2) is 139 Å². The number of carbonyl (C=O) groups excluding carboxylic acids is 3. The fourth-order valence-corrected chi connectivity index (χ4v) is 7.62. The quantitative estimate of drug-likeness (QED) is 0.113. The molecule has 3 aromatic rings. The van der Waals surface area contributed by atoms with Crippen molar-refractivity contribution in [2.75, 3.05) is 41.2 Å². The Balaban J connectivity index is 1.70. The number of halogens is 6. The summed E-state index contributed by atoms with van der Waals surface area (Å²) in [6.45, 7) is -3.18. The van der Waals surface area contributed by atoms with Crippen molar-refractivity contribution in [1.29, 1.82) is 0 Å². The van der Waals surface area contributed by atoms with Crippen molar-refractivity contribution in [3.05, 3.63) is 83.2 Å². The van der Waals surface area contributed by atoms with E-state index in [2.05, 4.69) is 0 Å². The number of hydrogen-bond acceptors (Lipinski definition) is 17. The molecule has 5 rings (SSSR count). The minimum Gasteiger partial charge on any atom is -0.494 e. The molecule has 3 aromatic carbocycles. The van der Waals surface area contributed by atoms with Crippen LogP contribution in [0.1, 0.15) is 31.1 Å². The molecule has 17 nitrogen and oxygen atoms in total. The number of aliphatic hydroxyl groups is 5. The Morgan fingerprint density at radius 3 is 1.47 bits per heavy atom. The summed E-state index contributed by atoms with van der Waals surface area (Å²) in [5.74, 6) is -7.48. The largest absolute Gasteiger partial charge is 0.494 e. The first-order valence-corrected chi connectivity index (χ1v) is 19.2. The fourth-order valence-electron chi connectivity index (χ4n) is 6.24. The Morgan fingerprint density at radius 2 is 1.03 bits per heavy atom. The summed E-state index contributed by atoms with van der Waals surface area (Å²) >= 11 is 37.9. The van der Waals surface area contributed by atoms with Gasteiger partial charge in [-0.3, -0.25) is 0 Å². The molecule has 2 heterocycles. The number of carbonyl (C=O) groups is 3. The van der Waals surface area contributed by atoms with Gasteiger partial charge < -0.3 is 68.2 Å². The van der Waals surface area contributed by atoms with Gasteiger partial charge >= 0.3 is 17.9 Å². The molecule has 2 aliphatic rings. The summed E-state index contributed by atoms with van der Waals surface area (Å²) in [5.41, 5.74) is -1.31. The fraction of sp³-hybridized carbons (Fsp3) is 0.417. The zero-order valence-electron chi connectivity index (χ0n) is 30.6. The predicted octanol–water partition coefficient (Wildman–Crippen LogP) is 4.14. The van der Waals surface area contributed by atoms with E-state index in [-0.39, 0.29) is 47.4 Å². The Bertz CT molecular complexity index is 2060. The highest BCUT2D eigenvalue weighted by atomic mass is 35.5. The van der Waals surface area contributed by atoms with Gasteiger partial charge in [-0.05, 0) is 36.4 Å². The topological polar surface area (TPSA) is 235 Å². The summed E-state index contributed by atoms with van der Waals surface area (Å²) in [4.78, 5) is 42.1. The van der Waals surface area contributed by atoms with Crippen LogP contribution in [-0.2, 0) is 28.4 Å². The smallest absolute Gasteiger partial charge is 0.344 e. The maximum absolute atomic E-state index is 14.3. The van der Waals surface area contributed by atoms with Crippen LogP contribution < -0.4 is 14.2 Å². The highest BCUT2D eigenvalue weighted by molar-refractivity contribution is 6.38. The molecule has 0 bridgehead atoms. The molecule has 0 unspecified atom stereocenters. The maximum Gasteiger partial charge on any atom is 0.344 e. The summed E-state index contributed by atoms with van der Waals surface area (Å²) in [6, 6.07) is 7.72. The lowest BCUT2D eigenvalue weighted by atomic mass is 9.98. The first-order valence-electron chi connectivity index (χ1n) is 16.9. The third kappa shape index (κ3) is 9.39.